The van der Waals surface area contributed by atoms with Crippen LogP contribution < -0.4 is 0 Å². The Kier molecular flexibility index (Phi) is 2.20. The lowest BCUT2D eigenvalue weighted by atomic mass is 10.00. The maximum absolute atomic E-state index is 10.9. The van der Waals surface area contributed by atoms with Crippen molar-refractivity contribution in [1.29, 1.82) is 0 Å². The molecule has 0 saturated carbocycles. The molecule has 1 fully saturated rings. The summed E-state index contributed by atoms with van der Waals surface area (Å²) in [6.45, 7) is 1.95. The summed E-state index contributed by atoms with van der Waals surface area (Å²) >= 11 is 11.6. The molecule has 0 spiro atoms. The number of carbonyl (C=O) groups is 1. The maximum atomic E-state index is 10.9. The van der Waals surface area contributed by atoms with Crippen molar-refractivity contribution in [3.8, 4) is 0 Å². The van der Waals surface area contributed by atoms with Crippen LogP contribution in [0.3, 0.4) is 0 Å². The van der Waals surface area contributed by atoms with E-state index in [1.54, 1.807) is 0 Å². The summed E-state index contributed by atoms with van der Waals surface area (Å²) in [6.07, 6.45) is -0.543. The van der Waals surface area contributed by atoms with Gasteiger partial charge in [0.15, 0.2) is 6.10 Å². The molecular formula is C10H8Cl2O2. The monoisotopic (exact) mass is 230 g/mol. The molecule has 74 valence electrons. The topological polar surface area (TPSA) is 26.3 Å². The number of ether oxygens (including phenoxy) is 1. The lowest BCUT2D eigenvalue weighted by Gasteiger charge is -2.37. The van der Waals surface area contributed by atoms with E-state index in [1.807, 2.05) is 31.2 Å². The van der Waals surface area contributed by atoms with Gasteiger partial charge in [-0.15, -0.1) is 0 Å². The van der Waals surface area contributed by atoms with Crippen molar-refractivity contribution in [2.45, 2.75) is 17.4 Å². The van der Waals surface area contributed by atoms with Crippen molar-refractivity contribution < 1.29 is 9.53 Å². The van der Waals surface area contributed by atoms with E-state index >= 15 is 0 Å². The second kappa shape index (κ2) is 3.14. The summed E-state index contributed by atoms with van der Waals surface area (Å²) in [5.41, 5.74) is 1.91. The van der Waals surface area contributed by atoms with Crippen molar-refractivity contribution in [2.75, 3.05) is 0 Å². The van der Waals surface area contributed by atoms with E-state index in [0.717, 1.165) is 11.1 Å². The second-order valence-electron chi connectivity index (χ2n) is 3.32. The van der Waals surface area contributed by atoms with E-state index < -0.39 is 16.4 Å². The van der Waals surface area contributed by atoms with Crippen LogP contribution in [0.15, 0.2) is 24.3 Å². The first-order valence-corrected chi connectivity index (χ1v) is 4.93. The molecule has 0 N–H and O–H groups in total. The van der Waals surface area contributed by atoms with Crippen molar-refractivity contribution in [2.24, 2.45) is 0 Å². The van der Waals surface area contributed by atoms with Crippen LogP contribution in [0.1, 0.15) is 17.2 Å². The van der Waals surface area contributed by atoms with Crippen LogP contribution in [-0.4, -0.2) is 10.3 Å². The average molecular weight is 231 g/mol. The molecule has 1 unspecified atom stereocenters. The van der Waals surface area contributed by atoms with Gasteiger partial charge in [0.1, 0.15) is 0 Å². The molecule has 0 bridgehead atoms. The summed E-state index contributed by atoms with van der Waals surface area (Å²) in [6, 6.07) is 7.56. The largest absolute Gasteiger partial charge is 0.451 e. The van der Waals surface area contributed by atoms with Gasteiger partial charge in [0, 0.05) is 0 Å². The average Bonchev–Trinajstić information content (AvgIpc) is 2.14. The first-order valence-electron chi connectivity index (χ1n) is 4.17. The molecule has 2 nitrogen and oxygen atoms in total. The molecule has 0 amide bonds. The number of rotatable bonds is 1. The fourth-order valence-electron chi connectivity index (χ4n) is 1.42. The highest BCUT2D eigenvalue weighted by atomic mass is 35.5. The fourth-order valence-corrected chi connectivity index (χ4v) is 1.85. The molecule has 14 heavy (non-hydrogen) atoms. The fraction of sp³-hybridized carbons (Fsp3) is 0.300. The third kappa shape index (κ3) is 1.39. The SMILES string of the molecule is Cc1cccc(C2OC(=O)C2(Cl)Cl)c1. The normalized spacial score (nSPS) is 23.9. The molecule has 1 aromatic rings. The maximum Gasteiger partial charge on any atom is 0.347 e. The zero-order chi connectivity index (χ0) is 10.3. The molecule has 4 heteroatoms. The highest BCUT2D eigenvalue weighted by molar-refractivity contribution is 6.59. The molecular weight excluding hydrogens is 223 g/mol. The Bertz CT molecular complexity index is 387. The molecule has 1 aromatic carbocycles. The van der Waals surface area contributed by atoms with Crippen LogP contribution >= 0.6 is 23.2 Å². The number of hydrogen-bond acceptors (Lipinski definition) is 2. The number of halogens is 2. The van der Waals surface area contributed by atoms with Crippen LogP contribution in [0.5, 0.6) is 0 Å². The van der Waals surface area contributed by atoms with E-state index in [-0.39, 0.29) is 0 Å². The van der Waals surface area contributed by atoms with E-state index in [9.17, 15) is 4.79 Å². The third-order valence-corrected chi connectivity index (χ3v) is 2.88. The minimum absolute atomic E-state index is 0.543. The van der Waals surface area contributed by atoms with Crippen molar-refractivity contribution in [3.63, 3.8) is 0 Å². The number of esters is 1. The van der Waals surface area contributed by atoms with Gasteiger partial charge in [-0.1, -0.05) is 53.0 Å². The molecule has 2 rings (SSSR count). The van der Waals surface area contributed by atoms with Gasteiger partial charge >= 0.3 is 5.97 Å². The number of cyclic esters (lactones) is 1. The first-order chi connectivity index (χ1) is 6.51. The van der Waals surface area contributed by atoms with Gasteiger partial charge in [0.2, 0.25) is 0 Å². The van der Waals surface area contributed by atoms with Crippen LogP contribution in [0, 0.1) is 6.92 Å². The van der Waals surface area contributed by atoms with Crippen molar-refractivity contribution >= 4 is 29.2 Å². The van der Waals surface area contributed by atoms with E-state index in [1.165, 1.54) is 0 Å². The minimum atomic E-state index is -1.42. The van der Waals surface area contributed by atoms with Gasteiger partial charge in [-0.2, -0.15) is 0 Å². The lowest BCUT2D eigenvalue weighted by molar-refractivity contribution is -0.172. The Morgan fingerprint density at radius 1 is 1.43 bits per heavy atom. The van der Waals surface area contributed by atoms with Gasteiger partial charge in [-0.05, 0) is 12.5 Å². The van der Waals surface area contributed by atoms with Gasteiger partial charge in [0.25, 0.3) is 4.33 Å². The van der Waals surface area contributed by atoms with Crippen LogP contribution in [-0.2, 0) is 9.53 Å². The van der Waals surface area contributed by atoms with E-state index in [0.29, 0.717) is 0 Å². The van der Waals surface area contributed by atoms with Crippen molar-refractivity contribution in [1.82, 2.24) is 0 Å². The number of hydrogen-bond donors (Lipinski definition) is 0. The smallest absolute Gasteiger partial charge is 0.347 e. The number of alkyl halides is 2. The Hall–Kier alpha value is -0.730. The zero-order valence-electron chi connectivity index (χ0n) is 7.46. The first kappa shape index (κ1) is 9.81. The Morgan fingerprint density at radius 3 is 2.64 bits per heavy atom. The van der Waals surface area contributed by atoms with Crippen molar-refractivity contribution in [3.05, 3.63) is 35.4 Å². The van der Waals surface area contributed by atoms with Crippen LogP contribution in [0.4, 0.5) is 0 Å². The predicted molar refractivity (Wildman–Crippen MR) is 54.4 cm³/mol. The van der Waals surface area contributed by atoms with Gasteiger partial charge in [-0.3, -0.25) is 0 Å². The minimum Gasteiger partial charge on any atom is -0.451 e. The standard InChI is InChI=1S/C10H8Cl2O2/c1-6-3-2-4-7(5-6)8-10(11,12)9(13)14-8/h2-5,8H,1H3. The van der Waals surface area contributed by atoms with Crippen LogP contribution in [0.2, 0.25) is 0 Å². The Morgan fingerprint density at radius 2 is 2.14 bits per heavy atom. The third-order valence-electron chi connectivity index (χ3n) is 2.17. The Labute approximate surface area is 91.8 Å². The van der Waals surface area contributed by atoms with Gasteiger partial charge in [-0.25, -0.2) is 4.79 Å². The molecule has 1 aliphatic heterocycles. The molecule has 0 radical (unpaired) electrons. The summed E-state index contributed by atoms with van der Waals surface area (Å²) in [5, 5.41) is 0. The number of aryl methyl sites for hydroxylation is 1. The number of carbonyl (C=O) groups excluding carboxylic acids is 1. The van der Waals surface area contributed by atoms with Crippen LogP contribution in [0.25, 0.3) is 0 Å². The predicted octanol–water partition coefficient (Wildman–Crippen LogP) is 2.77. The summed E-state index contributed by atoms with van der Waals surface area (Å²) in [5.74, 6) is -0.577. The lowest BCUT2D eigenvalue weighted by Crippen LogP contribution is -2.48. The molecule has 1 saturated heterocycles. The zero-order valence-corrected chi connectivity index (χ0v) is 8.97. The molecule has 1 atom stereocenters. The van der Waals surface area contributed by atoms with Gasteiger partial charge in [0.05, 0.1) is 0 Å². The summed E-state index contributed by atoms with van der Waals surface area (Å²) in [4.78, 5) is 10.9. The molecule has 0 aromatic heterocycles. The van der Waals surface area contributed by atoms with E-state index in [4.69, 9.17) is 27.9 Å². The van der Waals surface area contributed by atoms with E-state index in [2.05, 4.69) is 0 Å². The highest BCUT2D eigenvalue weighted by Gasteiger charge is 2.56. The number of benzene rings is 1. The highest BCUT2D eigenvalue weighted by Crippen LogP contribution is 2.48. The summed E-state index contributed by atoms with van der Waals surface area (Å²) in [7, 11) is 0. The molecule has 1 heterocycles. The Balaban J connectivity index is 2.30. The quantitative estimate of drug-likeness (QED) is 0.548. The summed E-state index contributed by atoms with van der Waals surface area (Å²) < 4.78 is 3.47. The second-order valence-corrected chi connectivity index (χ2v) is 4.71. The van der Waals surface area contributed by atoms with Gasteiger partial charge < -0.3 is 4.74 Å². The molecule has 0 aliphatic carbocycles. The molecule has 1 aliphatic rings.